The van der Waals surface area contributed by atoms with Crippen LogP contribution in [0.1, 0.15) is 38.2 Å². The summed E-state index contributed by atoms with van der Waals surface area (Å²) in [6.45, 7) is 1.17. The van der Waals surface area contributed by atoms with Gasteiger partial charge in [0, 0.05) is 34.9 Å². The Morgan fingerprint density at radius 1 is 1.18 bits per heavy atom. The minimum atomic E-state index is -4.18. The highest BCUT2D eigenvalue weighted by Gasteiger charge is 2.34. The van der Waals surface area contributed by atoms with E-state index in [1.165, 1.54) is 6.92 Å². The smallest absolute Gasteiger partial charge is 0.391 e. The number of alkyl halides is 3. The zero-order valence-electron chi connectivity index (χ0n) is 20.6. The summed E-state index contributed by atoms with van der Waals surface area (Å²) in [6, 6.07) is 9.98. The van der Waals surface area contributed by atoms with Gasteiger partial charge >= 0.3 is 6.18 Å². The zero-order chi connectivity index (χ0) is 27.7. The maximum absolute atomic E-state index is 12.6. The molecule has 0 saturated carbocycles. The van der Waals surface area contributed by atoms with Crippen LogP contribution >= 0.6 is 0 Å². The Morgan fingerprint density at radius 2 is 1.97 bits per heavy atom. The number of allylic oxidation sites excluding steroid dienone is 1. The van der Waals surface area contributed by atoms with Crippen LogP contribution in [0, 0.1) is 16.7 Å². The number of aromatic nitrogens is 3. The van der Waals surface area contributed by atoms with Crippen LogP contribution < -0.4 is 16.8 Å². The van der Waals surface area contributed by atoms with Crippen LogP contribution in [0.25, 0.3) is 11.6 Å². The molecule has 0 radical (unpaired) electrons. The molecule has 2 heterocycles. The molecular formula is C25H28F3N9O. The van der Waals surface area contributed by atoms with E-state index in [1.807, 2.05) is 0 Å². The predicted molar refractivity (Wildman–Crippen MR) is 141 cm³/mol. The molecule has 10 nitrogen and oxygen atoms in total. The number of amidine groups is 1. The maximum Gasteiger partial charge on any atom is 0.391 e. The van der Waals surface area contributed by atoms with E-state index in [0.717, 1.165) is 12.4 Å². The van der Waals surface area contributed by atoms with Gasteiger partial charge in [0.15, 0.2) is 5.82 Å². The van der Waals surface area contributed by atoms with Crippen molar-refractivity contribution in [1.82, 2.24) is 15.1 Å². The third-order valence-electron chi connectivity index (χ3n) is 5.58. The first-order valence-corrected chi connectivity index (χ1v) is 11.7. The number of hydrogen-bond acceptors (Lipinski definition) is 9. The summed E-state index contributed by atoms with van der Waals surface area (Å²) in [5.41, 5.74) is 14.2. The fourth-order valence-electron chi connectivity index (χ4n) is 3.33. The summed E-state index contributed by atoms with van der Waals surface area (Å²) in [5.74, 6) is -0.751. The number of aliphatic imine (C=N–C) groups is 1. The summed E-state index contributed by atoms with van der Waals surface area (Å²) >= 11 is 0. The molecule has 0 aliphatic carbocycles. The van der Waals surface area contributed by atoms with Crippen LogP contribution in [0.4, 0.5) is 36.3 Å². The molecule has 3 rings (SSSR count). The van der Waals surface area contributed by atoms with Gasteiger partial charge in [-0.15, -0.1) is 0 Å². The third-order valence-corrected chi connectivity index (χ3v) is 5.58. The van der Waals surface area contributed by atoms with Crippen molar-refractivity contribution in [3.63, 3.8) is 0 Å². The van der Waals surface area contributed by atoms with Crippen molar-refractivity contribution >= 4 is 41.4 Å². The Balaban J connectivity index is 1.65. The van der Waals surface area contributed by atoms with Crippen molar-refractivity contribution in [2.75, 3.05) is 11.1 Å². The largest absolute Gasteiger partial charge is 0.398 e. The molecule has 13 heteroatoms. The monoisotopic (exact) mass is 527 g/mol. The van der Waals surface area contributed by atoms with E-state index in [1.54, 1.807) is 42.5 Å². The first-order valence-electron chi connectivity index (χ1n) is 11.7. The van der Waals surface area contributed by atoms with Gasteiger partial charge in [-0.2, -0.15) is 18.2 Å². The highest BCUT2D eigenvalue weighted by Crippen LogP contribution is 2.29. The third kappa shape index (κ3) is 7.72. The lowest BCUT2D eigenvalue weighted by atomic mass is 10.0. The number of unbranched alkanes of at least 4 members (excludes halogenated alkanes) is 2. The number of rotatable bonds is 12. The molecule has 2 aromatic heterocycles. The number of nitrogens with one attached hydrogen (secondary N) is 3. The summed E-state index contributed by atoms with van der Waals surface area (Å²) in [4.78, 5) is 12.9. The molecule has 1 atom stereocenters. The maximum atomic E-state index is 12.6. The van der Waals surface area contributed by atoms with Gasteiger partial charge in [0.2, 0.25) is 0 Å². The molecule has 0 aliphatic heterocycles. The first kappa shape index (κ1) is 28.0. The number of nitrogens with two attached hydrogens (primary N) is 2. The first-order chi connectivity index (χ1) is 18.1. The van der Waals surface area contributed by atoms with Crippen LogP contribution in [0.5, 0.6) is 0 Å². The van der Waals surface area contributed by atoms with Crippen molar-refractivity contribution in [2.45, 2.75) is 38.8 Å². The molecule has 38 heavy (non-hydrogen) atoms. The van der Waals surface area contributed by atoms with Gasteiger partial charge in [-0.05, 0) is 54.8 Å². The van der Waals surface area contributed by atoms with Crippen LogP contribution in [0.15, 0.2) is 57.6 Å². The Bertz CT molecular complexity index is 1330. The van der Waals surface area contributed by atoms with E-state index in [9.17, 15) is 13.2 Å². The van der Waals surface area contributed by atoms with Gasteiger partial charge in [0.25, 0.3) is 11.8 Å². The SMILES string of the molecule is C[C@@H](CCCC/C=C(C=N)/C(N)=N/c1cccc(-c2nc(Nc3ccc(N)c(C=N)c3)no2)n1)C(F)(F)F. The van der Waals surface area contributed by atoms with E-state index in [-0.39, 0.29) is 29.9 Å². The summed E-state index contributed by atoms with van der Waals surface area (Å²) in [6.07, 6.45) is 1.13. The lowest BCUT2D eigenvalue weighted by Crippen LogP contribution is -2.19. The molecule has 200 valence electrons. The molecular weight excluding hydrogens is 499 g/mol. The van der Waals surface area contributed by atoms with Crippen molar-refractivity contribution in [3.05, 3.63) is 53.6 Å². The number of nitrogen functional groups attached to an aromatic ring is 1. The predicted octanol–water partition coefficient (Wildman–Crippen LogP) is 5.78. The molecule has 0 bridgehead atoms. The second kappa shape index (κ2) is 12.6. The molecule has 0 fully saturated rings. The van der Waals surface area contributed by atoms with Crippen molar-refractivity contribution in [2.24, 2.45) is 16.6 Å². The van der Waals surface area contributed by atoms with Gasteiger partial charge in [0.05, 0.1) is 5.92 Å². The van der Waals surface area contributed by atoms with E-state index < -0.39 is 12.1 Å². The molecule has 0 aliphatic rings. The Hall–Kier alpha value is -4.55. The average molecular weight is 528 g/mol. The summed E-state index contributed by atoms with van der Waals surface area (Å²) < 4.78 is 43.1. The minimum absolute atomic E-state index is 0.0477. The van der Waals surface area contributed by atoms with Crippen LogP contribution in [-0.2, 0) is 0 Å². The minimum Gasteiger partial charge on any atom is -0.398 e. The fraction of sp³-hybridized carbons (Fsp3) is 0.280. The number of pyridine rings is 1. The van der Waals surface area contributed by atoms with Crippen LogP contribution in [0.3, 0.4) is 0 Å². The highest BCUT2D eigenvalue weighted by molar-refractivity contribution is 6.14. The summed E-state index contributed by atoms with van der Waals surface area (Å²) in [5, 5.41) is 21.9. The standard InChI is InChI=1S/C25H28F3N9O/c1-15(25(26,27)28)6-3-2-4-7-16(13-29)22(32)35-21-9-5-8-20(34-21)23-36-24(37-38-23)33-18-10-11-19(31)17(12-18)14-30/h5,7-15,29-30H,2-4,6,31H2,1H3,(H,33,37)(H2,32,34,35)/b16-7+,29-13?,30-14?/t15-/m0/s1. The van der Waals surface area contributed by atoms with E-state index in [0.29, 0.717) is 47.5 Å². The van der Waals surface area contributed by atoms with Gasteiger partial charge in [0.1, 0.15) is 11.5 Å². The molecule has 7 N–H and O–H groups in total. The van der Waals surface area contributed by atoms with E-state index in [4.69, 9.17) is 26.8 Å². The number of hydrogen-bond donors (Lipinski definition) is 5. The quantitative estimate of drug-likeness (QED) is 0.0858. The fourth-order valence-corrected chi connectivity index (χ4v) is 3.33. The van der Waals surface area contributed by atoms with Gasteiger partial charge in [-0.25, -0.2) is 9.98 Å². The van der Waals surface area contributed by atoms with Crippen molar-refractivity contribution < 1.29 is 17.7 Å². The Morgan fingerprint density at radius 3 is 2.68 bits per heavy atom. The van der Waals surface area contributed by atoms with Gasteiger partial charge in [-0.1, -0.05) is 25.5 Å². The van der Waals surface area contributed by atoms with Crippen LogP contribution in [0.2, 0.25) is 0 Å². The van der Waals surface area contributed by atoms with Crippen molar-refractivity contribution in [1.29, 1.82) is 10.8 Å². The second-order valence-corrected chi connectivity index (χ2v) is 8.45. The zero-order valence-corrected chi connectivity index (χ0v) is 20.6. The molecule has 0 spiro atoms. The topological polar surface area (TPSA) is 176 Å². The number of anilines is 3. The number of benzene rings is 1. The highest BCUT2D eigenvalue weighted by atomic mass is 19.4. The van der Waals surface area contributed by atoms with E-state index >= 15 is 0 Å². The Labute approximate surface area is 217 Å². The average Bonchev–Trinajstić information content (AvgIpc) is 3.35. The normalized spacial score (nSPS) is 13.3. The summed E-state index contributed by atoms with van der Waals surface area (Å²) in [7, 11) is 0. The number of halogens is 3. The lowest BCUT2D eigenvalue weighted by molar-refractivity contribution is -0.171. The number of nitrogens with zero attached hydrogens (tertiary/aromatic N) is 4. The molecule has 0 amide bonds. The van der Waals surface area contributed by atoms with Crippen molar-refractivity contribution in [3.8, 4) is 11.6 Å². The van der Waals surface area contributed by atoms with Gasteiger partial charge in [-0.3, -0.25) is 0 Å². The Kier molecular flexibility index (Phi) is 9.30. The molecule has 0 unspecified atom stereocenters. The second-order valence-electron chi connectivity index (χ2n) is 8.45. The van der Waals surface area contributed by atoms with Gasteiger partial charge < -0.3 is 32.1 Å². The molecule has 3 aromatic rings. The van der Waals surface area contributed by atoms with Crippen LogP contribution in [-0.4, -0.2) is 39.6 Å². The lowest BCUT2D eigenvalue weighted by Gasteiger charge is -2.14. The van der Waals surface area contributed by atoms with E-state index in [2.05, 4.69) is 25.4 Å². The molecule has 0 saturated heterocycles. The molecule has 1 aromatic carbocycles.